The molecule has 0 aromatic heterocycles. The maximum absolute atomic E-state index is 4.88. The molecule has 3 nitrogen and oxygen atoms in total. The molecule has 1 heterocycles. The largest absolute Gasteiger partial charge is 0.386 e. The smallest absolute Gasteiger partial charge is 0.169 e. The molecule has 0 aromatic rings. The van der Waals surface area contributed by atoms with E-state index in [-0.39, 0.29) is 6.10 Å². The summed E-state index contributed by atoms with van der Waals surface area (Å²) in [5.41, 5.74) is 0. The Labute approximate surface area is 53.9 Å². The maximum atomic E-state index is 4.88. The molecule has 0 saturated heterocycles. The molecule has 1 atom stereocenters. The second-order valence-corrected chi connectivity index (χ2v) is 1.74. The van der Waals surface area contributed by atoms with E-state index < -0.39 is 0 Å². The first-order valence-electron chi connectivity index (χ1n) is 2.78. The van der Waals surface area contributed by atoms with E-state index >= 15 is 0 Å². The van der Waals surface area contributed by atoms with Crippen LogP contribution in [0.1, 0.15) is 0 Å². The number of allylic oxidation sites excluding steroid dienone is 1. The number of oxime groups is 1. The van der Waals surface area contributed by atoms with Gasteiger partial charge in [0.1, 0.15) is 0 Å². The van der Waals surface area contributed by atoms with Crippen LogP contribution in [-0.2, 0) is 9.57 Å². The van der Waals surface area contributed by atoms with Crippen molar-refractivity contribution in [2.75, 3.05) is 13.7 Å². The Morgan fingerprint density at radius 1 is 1.78 bits per heavy atom. The summed E-state index contributed by atoms with van der Waals surface area (Å²) in [6.45, 7) is 0.563. The van der Waals surface area contributed by atoms with Gasteiger partial charge in [-0.25, -0.2) is 0 Å². The number of hydrogen-bond acceptors (Lipinski definition) is 3. The molecular formula is C6H9NO2. The summed E-state index contributed by atoms with van der Waals surface area (Å²) < 4.78 is 4.83. The van der Waals surface area contributed by atoms with Crippen molar-refractivity contribution in [1.82, 2.24) is 0 Å². The average Bonchev–Trinajstić information content (AvgIpc) is 1.91. The van der Waals surface area contributed by atoms with E-state index in [0.29, 0.717) is 6.61 Å². The number of hydrogen-bond donors (Lipinski definition) is 0. The lowest BCUT2D eigenvalue weighted by Gasteiger charge is -2.10. The highest BCUT2D eigenvalue weighted by molar-refractivity contribution is 5.71. The molecule has 0 aliphatic carbocycles. The lowest BCUT2D eigenvalue weighted by molar-refractivity contribution is 0.0280. The number of methoxy groups -OCH3 is 1. The molecule has 0 N–H and O–H groups in total. The minimum atomic E-state index is -0.000000000000000222. The van der Waals surface area contributed by atoms with Crippen molar-refractivity contribution < 1.29 is 9.57 Å². The Balaban J connectivity index is 2.28. The molecule has 1 rings (SSSR count). The molecule has 0 fully saturated rings. The minimum absolute atomic E-state index is 0.000000000000000222. The average molecular weight is 127 g/mol. The van der Waals surface area contributed by atoms with Crippen LogP contribution in [0.25, 0.3) is 0 Å². The zero-order valence-electron chi connectivity index (χ0n) is 5.28. The van der Waals surface area contributed by atoms with E-state index in [0.717, 1.165) is 0 Å². The van der Waals surface area contributed by atoms with Gasteiger partial charge in [-0.05, 0) is 12.2 Å². The van der Waals surface area contributed by atoms with Crippen molar-refractivity contribution in [3.8, 4) is 0 Å². The zero-order valence-corrected chi connectivity index (χ0v) is 5.28. The van der Waals surface area contributed by atoms with E-state index in [1.165, 1.54) is 0 Å². The van der Waals surface area contributed by atoms with E-state index in [1.807, 2.05) is 12.2 Å². The first-order chi connectivity index (χ1) is 4.43. The molecule has 0 bridgehead atoms. The lowest BCUT2D eigenvalue weighted by Crippen LogP contribution is -2.15. The maximum Gasteiger partial charge on any atom is 0.169 e. The van der Waals surface area contributed by atoms with Gasteiger partial charge < -0.3 is 9.57 Å². The topological polar surface area (TPSA) is 30.8 Å². The second-order valence-electron chi connectivity index (χ2n) is 1.74. The van der Waals surface area contributed by atoms with Crippen LogP contribution >= 0.6 is 0 Å². The van der Waals surface area contributed by atoms with Gasteiger partial charge in [0.25, 0.3) is 0 Å². The van der Waals surface area contributed by atoms with Gasteiger partial charge >= 0.3 is 0 Å². The summed E-state index contributed by atoms with van der Waals surface area (Å²) in [4.78, 5) is 4.88. The van der Waals surface area contributed by atoms with Crippen LogP contribution in [-0.4, -0.2) is 26.0 Å². The summed E-state index contributed by atoms with van der Waals surface area (Å²) >= 11 is 0. The quantitative estimate of drug-likeness (QED) is 0.543. The predicted molar refractivity (Wildman–Crippen MR) is 34.4 cm³/mol. The van der Waals surface area contributed by atoms with Crippen molar-refractivity contribution in [2.45, 2.75) is 6.10 Å². The first-order valence-corrected chi connectivity index (χ1v) is 2.78. The van der Waals surface area contributed by atoms with Crippen LogP contribution in [0, 0.1) is 0 Å². The van der Waals surface area contributed by atoms with Crippen LogP contribution in [0.15, 0.2) is 17.3 Å². The lowest BCUT2D eigenvalue weighted by atomic mass is 10.3. The normalized spacial score (nSPS) is 23.9. The predicted octanol–water partition coefficient (Wildman–Crippen LogP) is 0.574. The number of nitrogens with zero attached hydrogens (tertiary/aromatic N) is 1. The standard InChI is InChI=1S/C6H9NO2/c1-8-5-6-3-2-4-7-9-6/h2-4,6H,5H2,1H3. The first kappa shape index (κ1) is 6.29. The molecule has 0 saturated carbocycles. The van der Waals surface area contributed by atoms with Gasteiger partial charge in [0.15, 0.2) is 6.10 Å². The summed E-state index contributed by atoms with van der Waals surface area (Å²) in [7, 11) is 1.63. The Morgan fingerprint density at radius 2 is 2.67 bits per heavy atom. The van der Waals surface area contributed by atoms with Gasteiger partial charge in [-0.2, -0.15) is 0 Å². The molecule has 0 spiro atoms. The molecule has 50 valence electrons. The Kier molecular flexibility index (Phi) is 2.27. The fourth-order valence-corrected chi connectivity index (χ4v) is 0.607. The molecule has 9 heavy (non-hydrogen) atoms. The zero-order chi connectivity index (χ0) is 6.53. The number of ether oxygens (including phenoxy) is 1. The Hall–Kier alpha value is -0.830. The van der Waals surface area contributed by atoms with Crippen LogP contribution in [0.4, 0.5) is 0 Å². The van der Waals surface area contributed by atoms with Gasteiger partial charge in [-0.1, -0.05) is 5.16 Å². The van der Waals surface area contributed by atoms with E-state index in [9.17, 15) is 0 Å². The highest BCUT2D eigenvalue weighted by atomic mass is 16.6. The van der Waals surface area contributed by atoms with Gasteiger partial charge in [-0.3, -0.25) is 0 Å². The third kappa shape index (κ3) is 1.85. The third-order valence-electron chi connectivity index (χ3n) is 1.000. The summed E-state index contributed by atoms with van der Waals surface area (Å²) in [5.74, 6) is 0. The van der Waals surface area contributed by atoms with E-state index in [2.05, 4.69) is 5.16 Å². The Morgan fingerprint density at radius 3 is 3.22 bits per heavy atom. The van der Waals surface area contributed by atoms with E-state index in [4.69, 9.17) is 9.57 Å². The monoisotopic (exact) mass is 127 g/mol. The highest BCUT2D eigenvalue weighted by Crippen LogP contribution is 1.98. The summed E-state index contributed by atoms with van der Waals surface area (Å²) in [6, 6.07) is 0. The summed E-state index contributed by atoms with van der Waals surface area (Å²) in [5, 5.41) is 3.59. The minimum Gasteiger partial charge on any atom is -0.386 e. The van der Waals surface area contributed by atoms with Gasteiger partial charge in [0.05, 0.1) is 12.8 Å². The molecule has 1 unspecified atom stereocenters. The van der Waals surface area contributed by atoms with Gasteiger partial charge in [-0.15, -0.1) is 0 Å². The molecular weight excluding hydrogens is 118 g/mol. The van der Waals surface area contributed by atoms with Crippen molar-refractivity contribution in [1.29, 1.82) is 0 Å². The molecule has 0 amide bonds. The van der Waals surface area contributed by atoms with Crippen LogP contribution in [0.3, 0.4) is 0 Å². The fraction of sp³-hybridized carbons (Fsp3) is 0.500. The molecule has 0 radical (unpaired) electrons. The molecule has 1 aliphatic rings. The van der Waals surface area contributed by atoms with Gasteiger partial charge in [0.2, 0.25) is 0 Å². The second kappa shape index (κ2) is 3.25. The molecule has 3 heteroatoms. The Bertz CT molecular complexity index is 131. The van der Waals surface area contributed by atoms with E-state index in [1.54, 1.807) is 13.3 Å². The van der Waals surface area contributed by atoms with Crippen LogP contribution < -0.4 is 0 Å². The fourth-order valence-electron chi connectivity index (χ4n) is 0.607. The van der Waals surface area contributed by atoms with Crippen molar-refractivity contribution in [2.24, 2.45) is 5.16 Å². The molecule has 1 aliphatic heterocycles. The van der Waals surface area contributed by atoms with Crippen molar-refractivity contribution >= 4 is 6.21 Å². The van der Waals surface area contributed by atoms with Crippen LogP contribution in [0.2, 0.25) is 0 Å². The highest BCUT2D eigenvalue weighted by Gasteiger charge is 2.04. The summed E-state index contributed by atoms with van der Waals surface area (Å²) in [6.07, 6.45) is 5.34. The van der Waals surface area contributed by atoms with Crippen molar-refractivity contribution in [3.05, 3.63) is 12.2 Å². The third-order valence-corrected chi connectivity index (χ3v) is 1.000. The molecule has 0 aromatic carbocycles. The number of rotatable bonds is 2. The SMILES string of the molecule is COCC1C=CC=NO1. The van der Waals surface area contributed by atoms with Gasteiger partial charge in [0, 0.05) is 7.11 Å². The van der Waals surface area contributed by atoms with Crippen molar-refractivity contribution in [3.63, 3.8) is 0 Å². The van der Waals surface area contributed by atoms with Crippen LogP contribution in [0.5, 0.6) is 0 Å².